The molecule has 0 radical (unpaired) electrons. The van der Waals surface area contributed by atoms with Gasteiger partial charge in [-0.15, -0.1) is 11.3 Å². The Kier molecular flexibility index (Phi) is 8.11. The molecule has 0 fully saturated rings. The number of carbonyl (C=O) groups excluding carboxylic acids is 1. The summed E-state index contributed by atoms with van der Waals surface area (Å²) >= 11 is 1.40. The summed E-state index contributed by atoms with van der Waals surface area (Å²) in [5.74, 6) is 0.837. The zero-order valence-electron chi connectivity index (χ0n) is 19.7. The fourth-order valence-electron chi connectivity index (χ4n) is 3.58. The van der Waals surface area contributed by atoms with Crippen molar-refractivity contribution < 1.29 is 14.3 Å². The number of H-pyrrole nitrogens is 1. The second-order valence-electron chi connectivity index (χ2n) is 7.53. The van der Waals surface area contributed by atoms with E-state index in [-0.39, 0.29) is 30.4 Å². The molecule has 0 atom stereocenters. The topological polar surface area (TPSA) is 133 Å². The van der Waals surface area contributed by atoms with Gasteiger partial charge in [-0.05, 0) is 31.5 Å². The van der Waals surface area contributed by atoms with Gasteiger partial charge in [0.05, 0.1) is 26.3 Å². The van der Waals surface area contributed by atoms with E-state index in [4.69, 9.17) is 15.2 Å². The van der Waals surface area contributed by atoms with Crippen LogP contribution >= 0.6 is 11.3 Å². The van der Waals surface area contributed by atoms with E-state index in [0.29, 0.717) is 30.2 Å². The van der Waals surface area contributed by atoms with E-state index in [1.54, 1.807) is 32.6 Å². The van der Waals surface area contributed by atoms with Crippen molar-refractivity contribution in [3.8, 4) is 22.1 Å². The summed E-state index contributed by atoms with van der Waals surface area (Å²) in [6.07, 6.45) is 1.54. The minimum Gasteiger partial charge on any atom is -0.493 e. The van der Waals surface area contributed by atoms with E-state index >= 15 is 0 Å². The van der Waals surface area contributed by atoms with Crippen molar-refractivity contribution in [1.29, 1.82) is 0 Å². The number of nitrogen functional groups attached to an aromatic ring is 1. The molecule has 0 spiro atoms. The number of aromatic amines is 1. The number of hydrogen-bond acceptors (Lipinski definition) is 8. The molecule has 0 saturated carbocycles. The Hall–Kier alpha value is -3.60. The highest BCUT2D eigenvalue weighted by molar-refractivity contribution is 7.13. The number of unbranched alkanes of at least 4 members (excludes halogenated alkanes) is 1. The largest absolute Gasteiger partial charge is 0.493 e. The van der Waals surface area contributed by atoms with E-state index in [2.05, 4.69) is 9.97 Å². The minimum atomic E-state index is -0.685. The number of hydrogen-bond donors (Lipinski definition) is 2. The Balaban J connectivity index is 1.87. The summed E-state index contributed by atoms with van der Waals surface area (Å²) in [4.78, 5) is 46.1. The van der Waals surface area contributed by atoms with Gasteiger partial charge < -0.3 is 20.1 Å². The van der Waals surface area contributed by atoms with Crippen LogP contribution in [0.3, 0.4) is 0 Å². The molecule has 2 aromatic heterocycles. The Bertz CT molecular complexity index is 1280. The summed E-state index contributed by atoms with van der Waals surface area (Å²) in [6.45, 7) is 4.30. The Morgan fingerprint density at radius 2 is 1.94 bits per heavy atom. The number of thiazole rings is 1. The van der Waals surface area contributed by atoms with Crippen LogP contribution in [-0.4, -0.2) is 41.2 Å². The molecule has 0 unspecified atom stereocenters. The number of nitrogens with two attached hydrogens (primary N) is 1. The van der Waals surface area contributed by atoms with Crippen molar-refractivity contribution >= 4 is 28.7 Å². The van der Waals surface area contributed by atoms with Crippen molar-refractivity contribution in [2.75, 3.05) is 31.4 Å². The molecule has 0 saturated heterocycles. The SMILES string of the molecule is CCCCn1c(N)c(N(CC)C(=O)Cc2csc(-c3ccc(OC)c(OC)c3)n2)c(=O)[nH]c1=O. The predicted molar refractivity (Wildman–Crippen MR) is 133 cm³/mol. The molecule has 182 valence electrons. The van der Waals surface area contributed by atoms with E-state index in [9.17, 15) is 14.4 Å². The second kappa shape index (κ2) is 11.0. The van der Waals surface area contributed by atoms with Crippen molar-refractivity contribution in [3.05, 3.63) is 50.1 Å². The van der Waals surface area contributed by atoms with Crippen molar-refractivity contribution in [3.63, 3.8) is 0 Å². The molecule has 3 rings (SSSR count). The fourth-order valence-corrected chi connectivity index (χ4v) is 4.39. The highest BCUT2D eigenvalue weighted by atomic mass is 32.1. The maximum absolute atomic E-state index is 13.1. The average molecular weight is 488 g/mol. The Morgan fingerprint density at radius 1 is 1.21 bits per heavy atom. The van der Waals surface area contributed by atoms with E-state index in [1.807, 2.05) is 19.1 Å². The van der Waals surface area contributed by atoms with Crippen molar-refractivity contribution in [2.45, 2.75) is 39.7 Å². The lowest BCUT2D eigenvalue weighted by Crippen LogP contribution is -2.41. The number of nitrogens with zero attached hydrogens (tertiary/aromatic N) is 3. The molecule has 0 aliphatic heterocycles. The number of nitrogens with one attached hydrogen (secondary N) is 1. The molecule has 1 aromatic carbocycles. The lowest BCUT2D eigenvalue weighted by Gasteiger charge is -2.23. The van der Waals surface area contributed by atoms with Crippen LogP contribution in [0.15, 0.2) is 33.2 Å². The third-order valence-corrected chi connectivity index (χ3v) is 6.29. The first-order valence-corrected chi connectivity index (χ1v) is 11.8. The van der Waals surface area contributed by atoms with Crippen LogP contribution in [-0.2, 0) is 17.8 Å². The monoisotopic (exact) mass is 487 g/mol. The van der Waals surface area contributed by atoms with E-state index in [0.717, 1.165) is 17.0 Å². The molecule has 1 amide bonds. The zero-order valence-corrected chi connectivity index (χ0v) is 20.5. The number of rotatable bonds is 10. The number of methoxy groups -OCH3 is 2. The van der Waals surface area contributed by atoms with Crippen LogP contribution in [0.1, 0.15) is 32.4 Å². The van der Waals surface area contributed by atoms with Gasteiger partial charge in [0.1, 0.15) is 10.8 Å². The van der Waals surface area contributed by atoms with Crippen LogP contribution in [0, 0.1) is 0 Å². The van der Waals surface area contributed by atoms with E-state index in [1.165, 1.54) is 20.8 Å². The van der Waals surface area contributed by atoms with Gasteiger partial charge in [-0.1, -0.05) is 13.3 Å². The minimum absolute atomic E-state index is 0.0123. The molecule has 3 N–H and O–H groups in total. The van der Waals surface area contributed by atoms with Crippen LogP contribution in [0.2, 0.25) is 0 Å². The van der Waals surface area contributed by atoms with Gasteiger partial charge in [0, 0.05) is 24.0 Å². The first-order chi connectivity index (χ1) is 16.3. The van der Waals surface area contributed by atoms with Gasteiger partial charge in [-0.25, -0.2) is 9.78 Å². The summed E-state index contributed by atoms with van der Waals surface area (Å²) in [6, 6.07) is 5.48. The summed E-state index contributed by atoms with van der Waals surface area (Å²) in [7, 11) is 3.13. The maximum atomic E-state index is 13.1. The van der Waals surface area contributed by atoms with Gasteiger partial charge in [-0.2, -0.15) is 0 Å². The Morgan fingerprint density at radius 3 is 2.59 bits per heavy atom. The van der Waals surface area contributed by atoms with Gasteiger partial charge in [0.2, 0.25) is 5.91 Å². The van der Waals surface area contributed by atoms with Gasteiger partial charge in [0.25, 0.3) is 5.56 Å². The number of likely N-dealkylation sites (N-methyl/N-ethyl adjacent to an activating group) is 1. The smallest absolute Gasteiger partial charge is 0.330 e. The summed E-state index contributed by atoms with van der Waals surface area (Å²) in [5, 5.41) is 2.52. The summed E-state index contributed by atoms with van der Waals surface area (Å²) in [5.41, 5.74) is 6.29. The van der Waals surface area contributed by atoms with Crippen LogP contribution in [0.25, 0.3) is 10.6 Å². The molecule has 0 aliphatic rings. The van der Waals surface area contributed by atoms with Crippen LogP contribution < -0.4 is 31.4 Å². The van der Waals surface area contributed by atoms with Crippen molar-refractivity contribution in [2.24, 2.45) is 0 Å². The highest BCUT2D eigenvalue weighted by Crippen LogP contribution is 2.33. The zero-order chi connectivity index (χ0) is 24.8. The second-order valence-corrected chi connectivity index (χ2v) is 8.38. The number of amides is 1. The quantitative estimate of drug-likeness (QED) is 0.449. The summed E-state index contributed by atoms with van der Waals surface area (Å²) < 4.78 is 11.9. The number of ether oxygens (including phenoxy) is 2. The molecule has 3 aromatic rings. The predicted octanol–water partition coefficient (Wildman–Crippen LogP) is 2.66. The van der Waals surface area contributed by atoms with Gasteiger partial charge in [-0.3, -0.25) is 19.1 Å². The maximum Gasteiger partial charge on any atom is 0.330 e. The molecule has 2 heterocycles. The van der Waals surface area contributed by atoms with Gasteiger partial charge >= 0.3 is 5.69 Å². The molecular formula is C23H29N5O5S. The van der Waals surface area contributed by atoms with E-state index < -0.39 is 11.2 Å². The van der Waals surface area contributed by atoms with Crippen LogP contribution in [0.4, 0.5) is 11.5 Å². The van der Waals surface area contributed by atoms with Crippen LogP contribution in [0.5, 0.6) is 11.5 Å². The third-order valence-electron chi connectivity index (χ3n) is 5.35. The van der Waals surface area contributed by atoms with Crippen molar-refractivity contribution in [1.82, 2.24) is 14.5 Å². The lowest BCUT2D eigenvalue weighted by molar-refractivity contribution is -0.118. The standard InChI is InChI=1S/C23H29N5O5S/c1-5-7-10-28-20(24)19(21(30)26-23(28)31)27(6-2)18(29)12-15-13-34-22(25-15)14-8-9-16(32-3)17(11-14)33-4/h8-9,11,13H,5-7,10,12,24H2,1-4H3,(H,26,30,31). The molecule has 11 heteroatoms. The first-order valence-electron chi connectivity index (χ1n) is 10.9. The average Bonchev–Trinajstić information content (AvgIpc) is 3.29. The number of benzene rings is 1. The van der Waals surface area contributed by atoms with Gasteiger partial charge in [0.15, 0.2) is 17.2 Å². The number of anilines is 2. The third kappa shape index (κ3) is 5.14. The molecule has 0 aliphatic carbocycles. The normalized spacial score (nSPS) is 10.8. The molecule has 0 bridgehead atoms. The first kappa shape index (κ1) is 25.0. The number of aromatic nitrogens is 3. The molecular weight excluding hydrogens is 458 g/mol. The fraction of sp³-hybridized carbons (Fsp3) is 0.391. The molecule has 10 nitrogen and oxygen atoms in total. The molecule has 34 heavy (non-hydrogen) atoms. The Labute approximate surface area is 201 Å². The number of carbonyl (C=O) groups is 1. The lowest BCUT2D eigenvalue weighted by atomic mass is 10.2. The highest BCUT2D eigenvalue weighted by Gasteiger charge is 2.24.